The Balaban J connectivity index is 1.51. The van der Waals surface area contributed by atoms with Crippen LogP contribution in [0.4, 0.5) is 0 Å². The van der Waals surface area contributed by atoms with E-state index in [9.17, 15) is 19.6 Å². The van der Waals surface area contributed by atoms with Crippen LogP contribution < -0.4 is 0 Å². The van der Waals surface area contributed by atoms with Gasteiger partial charge in [0.1, 0.15) is 5.71 Å². The summed E-state index contributed by atoms with van der Waals surface area (Å²) in [5.74, 6) is -1.30. The van der Waals surface area contributed by atoms with Crippen LogP contribution in [0, 0.1) is 5.92 Å². The minimum Gasteiger partial charge on any atom is -0.460 e. The van der Waals surface area contributed by atoms with E-state index in [1.54, 1.807) is 25.1 Å². The molecule has 6 heteroatoms. The topological polar surface area (TPSA) is 93.0 Å². The number of carbonyl (C=O) groups excluding carboxylic acids is 3. The molecule has 2 aromatic rings. The Bertz CT molecular complexity index is 1220. The number of benzene rings is 2. The largest absolute Gasteiger partial charge is 0.460 e. The van der Waals surface area contributed by atoms with Gasteiger partial charge in [-0.2, -0.15) is 0 Å². The maximum atomic E-state index is 13.2. The van der Waals surface area contributed by atoms with E-state index in [-0.39, 0.29) is 18.1 Å². The Kier molecular flexibility index (Phi) is 8.49. The summed E-state index contributed by atoms with van der Waals surface area (Å²) in [5, 5.41) is 12.8. The molecule has 0 amide bonds. The smallest absolute Gasteiger partial charge is 0.375 e. The molecule has 1 fully saturated rings. The molecule has 192 valence electrons. The molecule has 0 heterocycles. The molecule has 2 aliphatic rings. The summed E-state index contributed by atoms with van der Waals surface area (Å²) >= 11 is 0. The van der Waals surface area contributed by atoms with E-state index < -0.39 is 17.2 Å². The van der Waals surface area contributed by atoms with Gasteiger partial charge in [0.05, 0.1) is 12.0 Å². The van der Waals surface area contributed by atoms with E-state index in [4.69, 9.17) is 4.74 Å². The second-order valence-corrected chi connectivity index (χ2v) is 9.75. The van der Waals surface area contributed by atoms with Crippen molar-refractivity contribution in [3.63, 3.8) is 0 Å². The number of rotatable bonds is 9. The van der Waals surface area contributed by atoms with Crippen LogP contribution in [0.2, 0.25) is 0 Å². The summed E-state index contributed by atoms with van der Waals surface area (Å²) in [4.78, 5) is 38.5. The van der Waals surface area contributed by atoms with Crippen LogP contribution in [-0.4, -0.2) is 35.1 Å². The van der Waals surface area contributed by atoms with Crippen molar-refractivity contribution in [3.05, 3.63) is 89.5 Å². The van der Waals surface area contributed by atoms with Gasteiger partial charge in [-0.15, -0.1) is 0 Å². The van der Waals surface area contributed by atoms with E-state index in [0.717, 1.165) is 42.4 Å². The van der Waals surface area contributed by atoms with Gasteiger partial charge in [0.15, 0.2) is 0 Å². The summed E-state index contributed by atoms with van der Waals surface area (Å²) in [5.41, 5.74) is 2.06. The maximum absolute atomic E-state index is 13.2. The van der Waals surface area contributed by atoms with E-state index in [1.165, 1.54) is 6.42 Å². The standard InChI is InChI=1S/C31H33NO5/c1-2-37-30(35)29(34)31(26-11-7-4-8-12-26)19-17-24(18-20-31)23-13-15-25(16-14-23)28(33)27(32-36)21-22-9-5-3-6-10-22/h4,7-8,11-19,22,36H,2-3,5-6,9-10,20-21H2,1H3. The van der Waals surface area contributed by atoms with Gasteiger partial charge in [-0.25, -0.2) is 4.79 Å². The van der Waals surface area contributed by atoms with Crippen LogP contribution in [0.25, 0.3) is 5.57 Å². The highest BCUT2D eigenvalue weighted by Crippen LogP contribution is 2.38. The third-order valence-electron chi connectivity index (χ3n) is 7.42. The molecule has 0 radical (unpaired) electrons. The molecule has 1 N–H and O–H groups in total. The lowest BCUT2D eigenvalue weighted by atomic mass is 9.70. The Morgan fingerprint density at radius 3 is 2.30 bits per heavy atom. The number of allylic oxidation sites excluding steroid dienone is 4. The highest BCUT2D eigenvalue weighted by atomic mass is 16.5. The lowest BCUT2D eigenvalue weighted by Crippen LogP contribution is -2.40. The molecule has 0 bridgehead atoms. The molecule has 2 aliphatic carbocycles. The summed E-state index contributed by atoms with van der Waals surface area (Å²) in [6.07, 6.45) is 12.0. The van der Waals surface area contributed by atoms with Crippen LogP contribution in [0.5, 0.6) is 0 Å². The number of ether oxygens (including phenoxy) is 1. The molecule has 0 aromatic heterocycles. The Morgan fingerprint density at radius 2 is 1.70 bits per heavy atom. The molecule has 0 saturated heterocycles. The Hall–Kier alpha value is -3.80. The highest BCUT2D eigenvalue weighted by molar-refractivity contribution is 6.45. The van der Waals surface area contributed by atoms with Gasteiger partial charge < -0.3 is 9.94 Å². The fourth-order valence-corrected chi connectivity index (χ4v) is 5.31. The van der Waals surface area contributed by atoms with Crippen molar-refractivity contribution in [3.8, 4) is 0 Å². The zero-order valence-electron chi connectivity index (χ0n) is 21.2. The Labute approximate surface area is 217 Å². The number of hydrogen-bond donors (Lipinski definition) is 1. The van der Waals surface area contributed by atoms with Gasteiger partial charge in [0.2, 0.25) is 5.78 Å². The first-order valence-corrected chi connectivity index (χ1v) is 13.0. The number of hydrogen-bond acceptors (Lipinski definition) is 6. The molecule has 0 spiro atoms. The summed E-state index contributed by atoms with van der Waals surface area (Å²) in [7, 11) is 0. The zero-order valence-corrected chi connectivity index (χ0v) is 21.2. The molecule has 6 nitrogen and oxygen atoms in total. The molecule has 2 aromatic carbocycles. The fraction of sp³-hybridized carbons (Fsp3) is 0.355. The number of ketones is 2. The third kappa shape index (κ3) is 5.79. The molecule has 1 atom stereocenters. The minimum absolute atomic E-state index is 0.134. The second-order valence-electron chi connectivity index (χ2n) is 9.75. The van der Waals surface area contributed by atoms with Crippen molar-refractivity contribution < 1.29 is 24.3 Å². The van der Waals surface area contributed by atoms with Crippen molar-refractivity contribution in [2.45, 2.75) is 57.3 Å². The van der Waals surface area contributed by atoms with Crippen molar-refractivity contribution in [2.24, 2.45) is 11.1 Å². The normalized spacial score (nSPS) is 20.2. The summed E-state index contributed by atoms with van der Waals surface area (Å²) < 4.78 is 5.02. The van der Waals surface area contributed by atoms with Crippen molar-refractivity contribution in [1.29, 1.82) is 0 Å². The van der Waals surface area contributed by atoms with Gasteiger partial charge in [-0.05, 0) is 42.4 Å². The van der Waals surface area contributed by atoms with Gasteiger partial charge in [0, 0.05) is 5.56 Å². The predicted octanol–water partition coefficient (Wildman–Crippen LogP) is 6.08. The first-order valence-electron chi connectivity index (χ1n) is 13.0. The van der Waals surface area contributed by atoms with E-state index in [0.29, 0.717) is 24.3 Å². The molecule has 37 heavy (non-hydrogen) atoms. The van der Waals surface area contributed by atoms with Crippen LogP contribution in [0.3, 0.4) is 0 Å². The van der Waals surface area contributed by atoms with Crippen molar-refractivity contribution in [2.75, 3.05) is 6.61 Å². The monoisotopic (exact) mass is 499 g/mol. The van der Waals surface area contributed by atoms with Crippen molar-refractivity contribution in [1.82, 2.24) is 0 Å². The highest BCUT2D eigenvalue weighted by Gasteiger charge is 2.42. The summed E-state index contributed by atoms with van der Waals surface area (Å²) in [6.45, 7) is 1.81. The van der Waals surface area contributed by atoms with Gasteiger partial charge >= 0.3 is 5.97 Å². The number of carbonyl (C=O) groups is 3. The lowest BCUT2D eigenvalue weighted by Gasteiger charge is -2.30. The maximum Gasteiger partial charge on any atom is 0.375 e. The average molecular weight is 500 g/mol. The lowest BCUT2D eigenvalue weighted by molar-refractivity contribution is -0.155. The SMILES string of the molecule is CCOC(=O)C(=O)C1(c2ccccc2)C=CC(c2ccc(C(=O)C(CC3CCCCC3)=NO)cc2)=CC1. The van der Waals surface area contributed by atoms with Crippen LogP contribution in [-0.2, 0) is 19.7 Å². The van der Waals surface area contributed by atoms with E-state index in [2.05, 4.69) is 5.16 Å². The minimum atomic E-state index is -1.13. The van der Waals surface area contributed by atoms with Crippen molar-refractivity contribution >= 4 is 28.8 Å². The number of nitrogens with zero attached hydrogens (tertiary/aromatic N) is 1. The first-order chi connectivity index (χ1) is 18.0. The van der Waals surface area contributed by atoms with Gasteiger partial charge in [-0.3, -0.25) is 9.59 Å². The van der Waals surface area contributed by atoms with Gasteiger partial charge in [-0.1, -0.05) is 110 Å². The second kappa shape index (κ2) is 12.0. The summed E-state index contributed by atoms with van der Waals surface area (Å²) in [6, 6.07) is 16.4. The quantitative estimate of drug-likeness (QED) is 0.113. The Morgan fingerprint density at radius 1 is 1.00 bits per heavy atom. The molecular formula is C31H33NO5. The molecule has 1 saturated carbocycles. The van der Waals surface area contributed by atoms with Crippen LogP contribution in [0.1, 0.15) is 73.4 Å². The number of esters is 1. The molecule has 1 unspecified atom stereocenters. The number of oxime groups is 1. The van der Waals surface area contributed by atoms with E-state index >= 15 is 0 Å². The first kappa shape index (κ1) is 26.3. The predicted molar refractivity (Wildman–Crippen MR) is 143 cm³/mol. The zero-order chi connectivity index (χ0) is 26.3. The fourth-order valence-electron chi connectivity index (χ4n) is 5.31. The average Bonchev–Trinajstić information content (AvgIpc) is 2.96. The molecular weight excluding hydrogens is 466 g/mol. The van der Waals surface area contributed by atoms with Crippen LogP contribution >= 0.6 is 0 Å². The van der Waals surface area contributed by atoms with Crippen LogP contribution in [0.15, 0.2) is 78.0 Å². The van der Waals surface area contributed by atoms with E-state index in [1.807, 2.05) is 54.6 Å². The molecule has 0 aliphatic heterocycles. The third-order valence-corrected chi connectivity index (χ3v) is 7.42. The van der Waals surface area contributed by atoms with Gasteiger partial charge in [0.25, 0.3) is 5.78 Å². The number of Topliss-reactive ketones (excluding diaryl/α,β-unsaturated/α-hetero) is 2. The molecule has 4 rings (SSSR count).